The van der Waals surface area contributed by atoms with Crippen LogP contribution in [0.3, 0.4) is 0 Å². The summed E-state index contributed by atoms with van der Waals surface area (Å²) in [4.78, 5) is 15.1. The van der Waals surface area contributed by atoms with E-state index in [4.69, 9.17) is 69.9 Å². The fourth-order valence-electron chi connectivity index (χ4n) is 7.15. The lowest BCUT2D eigenvalue weighted by Gasteiger charge is -2.18. The molecule has 3 nitrogen and oxygen atoms in total. The van der Waals surface area contributed by atoms with Crippen molar-refractivity contribution < 1.29 is 0 Å². The number of fused-ring (bicyclic) bond motifs is 3. The molecule has 0 N–H and O–H groups in total. The smallest absolute Gasteiger partial charge is 0.164 e. The SMILES string of the molecule is [B]c1c([B])c([B])c2c(sc3c([B])c([B])c([B])c(-c4ccc(-c5nc(-c6ccc(-c7ccccc7)cc6)nc(-c6cccc(-c7ccccc7)c6)n5)cc4)c32)c1[B]. The molecule has 9 aromatic rings. The molecule has 2 heterocycles. The number of thiophene rings is 1. The molecule has 0 fully saturated rings. The third-order valence-corrected chi connectivity index (χ3v) is 11.4. The van der Waals surface area contributed by atoms with Crippen LogP contribution in [0.4, 0.5) is 0 Å². The van der Waals surface area contributed by atoms with E-state index in [0.717, 1.165) is 44.5 Å². The summed E-state index contributed by atoms with van der Waals surface area (Å²) in [6.07, 6.45) is 0. The lowest BCUT2D eigenvalue weighted by atomic mass is 9.64. The van der Waals surface area contributed by atoms with Crippen molar-refractivity contribution in [3.8, 4) is 67.5 Å². The second kappa shape index (κ2) is 14.4. The number of hydrogen-bond acceptors (Lipinski definition) is 4. The van der Waals surface area contributed by atoms with Gasteiger partial charge in [-0.05, 0) is 44.8 Å². The highest BCUT2D eigenvalue weighted by Gasteiger charge is 2.21. The second-order valence-corrected chi connectivity index (χ2v) is 14.6. The summed E-state index contributed by atoms with van der Waals surface area (Å²) in [7, 11) is 45.4. The van der Waals surface area contributed by atoms with Gasteiger partial charge >= 0.3 is 0 Å². The van der Waals surface area contributed by atoms with Crippen molar-refractivity contribution in [3.05, 3.63) is 133 Å². The Morgan fingerprint density at radius 2 is 0.696 bits per heavy atom. The molecule has 0 saturated heterocycles. The van der Waals surface area contributed by atoms with Crippen molar-refractivity contribution >= 4 is 125 Å². The molecule has 0 saturated carbocycles. The molecule has 11 heteroatoms. The van der Waals surface area contributed by atoms with Crippen molar-refractivity contribution in [2.45, 2.75) is 0 Å². The van der Waals surface area contributed by atoms with Gasteiger partial charge in [-0.25, -0.2) is 15.0 Å². The van der Waals surface area contributed by atoms with Gasteiger partial charge in [0.05, 0.1) is 0 Å². The topological polar surface area (TPSA) is 38.7 Å². The van der Waals surface area contributed by atoms with Crippen LogP contribution in [-0.4, -0.2) is 69.9 Å². The highest BCUT2D eigenvalue weighted by atomic mass is 32.1. The van der Waals surface area contributed by atoms with Crippen molar-refractivity contribution in [1.29, 1.82) is 0 Å². The third kappa shape index (κ3) is 6.15. The molecule has 7 aromatic carbocycles. The Kier molecular flexibility index (Phi) is 9.22. The van der Waals surface area contributed by atoms with E-state index in [-0.39, 0.29) is 16.4 Å². The Morgan fingerprint density at radius 3 is 1.27 bits per heavy atom. The maximum Gasteiger partial charge on any atom is 0.164 e. The first-order chi connectivity index (χ1) is 27.2. The van der Waals surface area contributed by atoms with Crippen LogP contribution in [0, 0.1) is 0 Å². The third-order valence-electron chi connectivity index (χ3n) is 10.2. The van der Waals surface area contributed by atoms with Gasteiger partial charge in [-0.1, -0.05) is 149 Å². The monoisotopic (exact) mass is 713 g/mol. The Balaban J connectivity index is 1.19. The summed E-state index contributed by atoms with van der Waals surface area (Å²) < 4.78 is 1.36. The van der Waals surface area contributed by atoms with Crippen LogP contribution in [0.5, 0.6) is 0 Å². The minimum Gasteiger partial charge on any atom is -0.208 e. The molecule has 0 aliphatic heterocycles. The highest BCUT2D eigenvalue weighted by molar-refractivity contribution is 7.28. The van der Waals surface area contributed by atoms with Crippen molar-refractivity contribution in [2.24, 2.45) is 0 Å². The van der Waals surface area contributed by atoms with Crippen LogP contribution in [0.15, 0.2) is 133 Å². The molecule has 0 unspecified atom stereocenters. The first-order valence-electron chi connectivity index (χ1n) is 17.8. The highest BCUT2D eigenvalue weighted by Crippen LogP contribution is 2.37. The van der Waals surface area contributed by atoms with E-state index in [0.29, 0.717) is 65.1 Å². The molecule has 244 valence electrons. The summed E-state index contributed by atoms with van der Waals surface area (Å²) in [5.74, 6) is 1.60. The standard InChI is InChI=1S/C45H22B7N3S/c46-34-31(32-33-35(47)36(48)38(50)40(52)42(33)56-41(32)39(51)37(34)49)26-16-20-28(21-17-26)44-53-43(27-18-14-25(15-19-27)23-8-3-1-4-9-23)54-45(55-44)30-13-7-12-29(22-30)24-10-5-2-6-11-24/h1-22H. The quantitative estimate of drug-likeness (QED) is 0.247. The molecule has 56 heavy (non-hydrogen) atoms. The summed E-state index contributed by atoms with van der Waals surface area (Å²) in [6, 6.07) is 44.7. The van der Waals surface area contributed by atoms with E-state index in [1.54, 1.807) is 0 Å². The summed E-state index contributed by atoms with van der Waals surface area (Å²) in [5.41, 5.74) is 10.3. The number of benzene rings is 7. The summed E-state index contributed by atoms with van der Waals surface area (Å²) in [6.45, 7) is 0. The largest absolute Gasteiger partial charge is 0.208 e. The van der Waals surface area contributed by atoms with Crippen LogP contribution < -0.4 is 38.2 Å². The van der Waals surface area contributed by atoms with Gasteiger partial charge in [0.25, 0.3) is 0 Å². The van der Waals surface area contributed by atoms with Crippen LogP contribution in [-0.2, 0) is 0 Å². The van der Waals surface area contributed by atoms with Gasteiger partial charge in [0.2, 0.25) is 0 Å². The van der Waals surface area contributed by atoms with Gasteiger partial charge in [-0.15, -0.1) is 27.7 Å². The predicted molar refractivity (Wildman–Crippen MR) is 243 cm³/mol. The zero-order valence-electron chi connectivity index (χ0n) is 30.0. The molecule has 0 spiro atoms. The van der Waals surface area contributed by atoms with Crippen LogP contribution in [0.2, 0.25) is 0 Å². The van der Waals surface area contributed by atoms with E-state index in [1.165, 1.54) is 11.3 Å². The number of nitrogens with zero attached hydrogens (tertiary/aromatic N) is 3. The van der Waals surface area contributed by atoms with E-state index in [2.05, 4.69) is 48.5 Å². The normalized spacial score (nSPS) is 11.4. The zero-order valence-corrected chi connectivity index (χ0v) is 30.8. The van der Waals surface area contributed by atoms with E-state index in [9.17, 15) is 0 Å². The van der Waals surface area contributed by atoms with Gasteiger partial charge in [0.1, 0.15) is 54.9 Å². The average Bonchev–Trinajstić information content (AvgIpc) is 3.65. The molecule has 0 aliphatic carbocycles. The molecular formula is C45H22B7N3S. The molecule has 0 amide bonds. The maximum absolute atomic E-state index is 6.75. The van der Waals surface area contributed by atoms with Crippen LogP contribution >= 0.6 is 11.3 Å². The van der Waals surface area contributed by atoms with Gasteiger partial charge in [0.15, 0.2) is 17.5 Å². The lowest BCUT2D eigenvalue weighted by Crippen LogP contribution is -2.47. The fraction of sp³-hybridized carbons (Fsp3) is 0. The van der Waals surface area contributed by atoms with Gasteiger partial charge < -0.3 is 0 Å². The molecule has 9 rings (SSSR count). The minimum atomic E-state index is 0.204. The van der Waals surface area contributed by atoms with Crippen LogP contribution in [0.25, 0.3) is 87.7 Å². The number of aromatic nitrogens is 3. The molecule has 0 aliphatic rings. The fourth-order valence-corrected chi connectivity index (χ4v) is 8.41. The zero-order chi connectivity index (χ0) is 38.7. The Morgan fingerprint density at radius 1 is 0.304 bits per heavy atom. The average molecular weight is 712 g/mol. The summed E-state index contributed by atoms with van der Waals surface area (Å²) in [5, 5.41) is 1.34. The lowest BCUT2D eigenvalue weighted by molar-refractivity contribution is 1.07. The van der Waals surface area contributed by atoms with Crippen molar-refractivity contribution in [2.75, 3.05) is 0 Å². The number of hydrogen-bond donors (Lipinski definition) is 0. The van der Waals surface area contributed by atoms with E-state index < -0.39 is 0 Å². The van der Waals surface area contributed by atoms with Crippen molar-refractivity contribution in [1.82, 2.24) is 15.0 Å². The van der Waals surface area contributed by atoms with E-state index in [1.807, 2.05) is 84.9 Å². The van der Waals surface area contributed by atoms with Gasteiger partial charge in [-0.2, -0.15) is 0 Å². The van der Waals surface area contributed by atoms with Crippen molar-refractivity contribution in [3.63, 3.8) is 0 Å². The Hall–Kier alpha value is -5.78. The number of rotatable bonds is 6. The predicted octanol–water partition coefficient (Wildman–Crippen LogP) is 3.80. The molecular weight excluding hydrogens is 690 g/mol. The second-order valence-electron chi connectivity index (χ2n) is 13.6. The Labute approximate surface area is 338 Å². The first kappa shape index (κ1) is 35.9. The molecule has 0 bridgehead atoms. The molecule has 14 radical (unpaired) electrons. The summed E-state index contributed by atoms with van der Waals surface area (Å²) >= 11 is 1.35. The van der Waals surface area contributed by atoms with E-state index >= 15 is 0 Å². The van der Waals surface area contributed by atoms with Crippen LogP contribution in [0.1, 0.15) is 0 Å². The van der Waals surface area contributed by atoms with Gasteiger partial charge in [0, 0.05) is 31.5 Å². The first-order valence-corrected chi connectivity index (χ1v) is 18.6. The Bertz CT molecular complexity index is 2970. The van der Waals surface area contributed by atoms with Gasteiger partial charge in [-0.3, -0.25) is 0 Å². The molecule has 2 aromatic heterocycles. The minimum absolute atomic E-state index is 0.204. The molecule has 0 atom stereocenters. The maximum atomic E-state index is 6.75.